The molecule has 1 amide bonds. The maximum absolute atomic E-state index is 13.1. The van der Waals surface area contributed by atoms with Gasteiger partial charge in [-0.25, -0.2) is 4.39 Å². The van der Waals surface area contributed by atoms with E-state index in [0.717, 1.165) is 26.1 Å². The first-order valence-electron chi connectivity index (χ1n) is 6.35. The molecule has 108 valence electrons. The monoisotopic (exact) mass is 281 g/mol. The minimum Gasteiger partial charge on any atom is -0.340 e. The molecule has 2 atom stereocenters. The van der Waals surface area contributed by atoms with E-state index in [1.807, 2.05) is 19.0 Å². The number of hydrogen-bond acceptors (Lipinski definition) is 3. The topological polar surface area (TPSA) is 35.6 Å². The van der Waals surface area contributed by atoms with Gasteiger partial charge in [-0.15, -0.1) is 12.4 Å². The summed E-state index contributed by atoms with van der Waals surface area (Å²) in [6.45, 7) is 4.67. The van der Waals surface area contributed by atoms with E-state index in [1.54, 1.807) is 0 Å². The van der Waals surface area contributed by atoms with Gasteiger partial charge in [0.25, 0.3) is 0 Å². The number of carbonyl (C=O) groups excluding carboxylic acids is 1. The first-order chi connectivity index (χ1) is 8.04. The molecule has 0 aromatic rings. The van der Waals surface area contributed by atoms with E-state index >= 15 is 0 Å². The Bertz CT molecular complexity index is 253. The van der Waals surface area contributed by atoms with Gasteiger partial charge in [0.2, 0.25) is 5.91 Å². The maximum atomic E-state index is 13.1. The number of hydrogen-bond donors (Lipinski definition) is 1. The fourth-order valence-corrected chi connectivity index (χ4v) is 2.02. The second-order valence-corrected chi connectivity index (χ2v) is 4.92. The summed E-state index contributed by atoms with van der Waals surface area (Å²) in [4.78, 5) is 16.1. The number of nitrogens with zero attached hydrogens (tertiary/aromatic N) is 2. The number of amides is 1. The molecule has 0 spiro atoms. The Morgan fingerprint density at radius 3 is 2.44 bits per heavy atom. The number of halogens is 2. The summed E-state index contributed by atoms with van der Waals surface area (Å²) in [7, 11) is 3.97. The van der Waals surface area contributed by atoms with Crippen molar-refractivity contribution in [1.82, 2.24) is 15.1 Å². The lowest BCUT2D eigenvalue weighted by Gasteiger charge is -2.26. The Balaban J connectivity index is 0.00000289. The normalized spacial score (nSPS) is 22.9. The van der Waals surface area contributed by atoms with Gasteiger partial charge in [0.05, 0.1) is 6.04 Å². The predicted molar refractivity (Wildman–Crippen MR) is 74.0 cm³/mol. The molecule has 1 aliphatic heterocycles. The summed E-state index contributed by atoms with van der Waals surface area (Å²) in [5.74, 6) is 0.0499. The van der Waals surface area contributed by atoms with Crippen molar-refractivity contribution in [1.29, 1.82) is 0 Å². The number of rotatable bonds is 6. The molecule has 1 heterocycles. The summed E-state index contributed by atoms with van der Waals surface area (Å²) >= 11 is 0. The third-order valence-electron chi connectivity index (χ3n) is 3.00. The fraction of sp³-hybridized carbons (Fsp3) is 0.917. The lowest BCUT2D eigenvalue weighted by atomic mass is 10.2. The lowest BCUT2D eigenvalue weighted by Crippen LogP contribution is -2.46. The van der Waals surface area contributed by atoms with E-state index in [-0.39, 0.29) is 24.4 Å². The van der Waals surface area contributed by atoms with Crippen LogP contribution in [0.15, 0.2) is 0 Å². The first kappa shape index (κ1) is 17.6. The van der Waals surface area contributed by atoms with Crippen molar-refractivity contribution in [2.24, 2.45) is 0 Å². The SMILES string of the molecule is CCCN(CCN(C)C)C(=O)[C@H]1C[C@H](F)CN1.Cl. The van der Waals surface area contributed by atoms with Crippen molar-refractivity contribution < 1.29 is 9.18 Å². The van der Waals surface area contributed by atoms with Crippen LogP contribution in [0.4, 0.5) is 4.39 Å². The Morgan fingerprint density at radius 2 is 2.00 bits per heavy atom. The Kier molecular flexibility index (Phi) is 8.48. The molecular weight excluding hydrogens is 257 g/mol. The number of likely N-dealkylation sites (N-methyl/N-ethyl adjacent to an activating group) is 1. The van der Waals surface area contributed by atoms with Crippen LogP contribution in [0.5, 0.6) is 0 Å². The molecule has 0 aromatic heterocycles. The van der Waals surface area contributed by atoms with E-state index in [1.165, 1.54) is 0 Å². The number of nitrogens with one attached hydrogen (secondary N) is 1. The number of carbonyl (C=O) groups is 1. The van der Waals surface area contributed by atoms with Crippen LogP contribution in [-0.4, -0.2) is 68.2 Å². The van der Waals surface area contributed by atoms with Crippen LogP contribution >= 0.6 is 12.4 Å². The Morgan fingerprint density at radius 1 is 1.33 bits per heavy atom. The average Bonchev–Trinajstić information content (AvgIpc) is 2.70. The molecule has 0 unspecified atom stereocenters. The summed E-state index contributed by atoms with van der Waals surface area (Å²) in [6, 6.07) is -0.321. The van der Waals surface area contributed by atoms with Crippen LogP contribution in [0.3, 0.4) is 0 Å². The van der Waals surface area contributed by atoms with Gasteiger partial charge in [-0.2, -0.15) is 0 Å². The van der Waals surface area contributed by atoms with Crippen LogP contribution in [0.2, 0.25) is 0 Å². The smallest absolute Gasteiger partial charge is 0.239 e. The highest BCUT2D eigenvalue weighted by atomic mass is 35.5. The van der Waals surface area contributed by atoms with E-state index < -0.39 is 6.17 Å². The highest BCUT2D eigenvalue weighted by molar-refractivity contribution is 5.85. The molecule has 1 fully saturated rings. The third kappa shape index (κ3) is 5.50. The number of alkyl halides is 1. The van der Waals surface area contributed by atoms with Gasteiger partial charge in [0, 0.05) is 32.6 Å². The molecule has 18 heavy (non-hydrogen) atoms. The van der Waals surface area contributed by atoms with Gasteiger partial charge in [-0.1, -0.05) is 6.92 Å². The van der Waals surface area contributed by atoms with Crippen molar-refractivity contribution in [3.63, 3.8) is 0 Å². The fourth-order valence-electron chi connectivity index (χ4n) is 2.02. The molecule has 0 aliphatic carbocycles. The van der Waals surface area contributed by atoms with E-state index in [9.17, 15) is 9.18 Å². The highest BCUT2D eigenvalue weighted by Gasteiger charge is 2.31. The largest absolute Gasteiger partial charge is 0.340 e. The molecule has 0 aromatic carbocycles. The van der Waals surface area contributed by atoms with Gasteiger partial charge in [-0.3, -0.25) is 4.79 Å². The zero-order valence-corrected chi connectivity index (χ0v) is 12.3. The molecule has 1 aliphatic rings. The van der Waals surface area contributed by atoms with Crippen LogP contribution in [-0.2, 0) is 4.79 Å². The standard InChI is InChI=1S/C12H24FN3O.ClH/c1-4-5-16(7-6-15(2)3)12(17)11-8-10(13)9-14-11;/h10-11,14H,4-9H2,1-3H3;1H/t10-,11+;/m0./s1. The molecule has 0 bridgehead atoms. The highest BCUT2D eigenvalue weighted by Crippen LogP contribution is 2.12. The third-order valence-corrected chi connectivity index (χ3v) is 3.00. The molecule has 4 nitrogen and oxygen atoms in total. The maximum Gasteiger partial charge on any atom is 0.239 e. The van der Waals surface area contributed by atoms with Crippen LogP contribution in [0, 0.1) is 0 Å². The predicted octanol–water partition coefficient (Wildman–Crippen LogP) is 0.908. The van der Waals surface area contributed by atoms with Gasteiger partial charge in [0.1, 0.15) is 6.17 Å². The summed E-state index contributed by atoms with van der Waals surface area (Å²) in [5.41, 5.74) is 0. The summed E-state index contributed by atoms with van der Waals surface area (Å²) in [6.07, 6.45) is 0.382. The molecular formula is C12H25ClFN3O. The molecule has 0 saturated carbocycles. The van der Waals surface area contributed by atoms with Crippen molar-refractivity contribution in [3.8, 4) is 0 Å². The zero-order valence-electron chi connectivity index (χ0n) is 11.5. The van der Waals surface area contributed by atoms with Crippen LogP contribution in [0.25, 0.3) is 0 Å². The van der Waals surface area contributed by atoms with Crippen molar-refractivity contribution in [3.05, 3.63) is 0 Å². The van der Waals surface area contributed by atoms with Crippen molar-refractivity contribution in [2.75, 3.05) is 40.3 Å². The first-order valence-corrected chi connectivity index (χ1v) is 6.35. The second-order valence-electron chi connectivity index (χ2n) is 4.92. The minimum atomic E-state index is -0.874. The zero-order chi connectivity index (χ0) is 12.8. The lowest BCUT2D eigenvalue weighted by molar-refractivity contribution is -0.133. The summed E-state index contributed by atoms with van der Waals surface area (Å²) in [5, 5.41) is 2.95. The Hall–Kier alpha value is -0.390. The van der Waals surface area contributed by atoms with Gasteiger partial charge in [-0.05, 0) is 20.5 Å². The van der Waals surface area contributed by atoms with Crippen molar-refractivity contribution in [2.45, 2.75) is 32.0 Å². The molecule has 0 radical (unpaired) electrons. The molecule has 6 heteroatoms. The summed E-state index contributed by atoms with van der Waals surface area (Å²) < 4.78 is 13.1. The molecule has 1 N–H and O–H groups in total. The van der Waals surface area contributed by atoms with E-state index in [2.05, 4.69) is 17.1 Å². The molecule has 1 saturated heterocycles. The average molecular weight is 282 g/mol. The van der Waals surface area contributed by atoms with E-state index in [0.29, 0.717) is 13.0 Å². The quantitative estimate of drug-likeness (QED) is 0.786. The minimum absolute atomic E-state index is 0. The van der Waals surface area contributed by atoms with Gasteiger partial charge in [0.15, 0.2) is 0 Å². The van der Waals surface area contributed by atoms with Gasteiger partial charge < -0.3 is 15.1 Å². The second kappa shape index (κ2) is 8.67. The van der Waals surface area contributed by atoms with E-state index in [4.69, 9.17) is 0 Å². The van der Waals surface area contributed by atoms with Crippen molar-refractivity contribution >= 4 is 18.3 Å². The van der Waals surface area contributed by atoms with Crippen LogP contribution in [0.1, 0.15) is 19.8 Å². The molecule has 1 rings (SSSR count). The Labute approximate surface area is 115 Å². The van der Waals surface area contributed by atoms with Gasteiger partial charge >= 0.3 is 0 Å². The van der Waals surface area contributed by atoms with Crippen LogP contribution < -0.4 is 5.32 Å².